The van der Waals surface area contributed by atoms with Crippen molar-refractivity contribution in [2.45, 2.75) is 19.6 Å². The Kier molecular flexibility index (Phi) is 6.47. The largest absolute Gasteiger partial charge is 0.481 e. The Hall–Kier alpha value is -2.93. The molecule has 1 unspecified atom stereocenters. The van der Waals surface area contributed by atoms with Crippen LogP contribution in [-0.4, -0.2) is 37.2 Å². The minimum Gasteiger partial charge on any atom is -0.481 e. The van der Waals surface area contributed by atoms with Crippen molar-refractivity contribution in [3.63, 3.8) is 0 Å². The van der Waals surface area contributed by atoms with E-state index in [0.29, 0.717) is 6.61 Å². The highest BCUT2D eigenvalue weighted by atomic mass is 16.5. The smallest absolute Gasteiger partial charge is 0.338 e. The van der Waals surface area contributed by atoms with Gasteiger partial charge in [0.25, 0.3) is 5.91 Å². The fourth-order valence-electron chi connectivity index (χ4n) is 2.01. The van der Waals surface area contributed by atoms with Gasteiger partial charge in [-0.05, 0) is 18.6 Å². The van der Waals surface area contributed by atoms with Crippen LogP contribution < -0.4 is 10.1 Å². The molecule has 1 heterocycles. The van der Waals surface area contributed by atoms with Crippen molar-refractivity contribution in [1.29, 1.82) is 0 Å². The Morgan fingerprint density at radius 1 is 1.16 bits per heavy atom. The van der Waals surface area contributed by atoms with Gasteiger partial charge in [-0.25, -0.2) is 4.79 Å². The van der Waals surface area contributed by atoms with Gasteiger partial charge in [0.1, 0.15) is 11.9 Å². The standard InChI is InChI=1S/C18H20N2O5/c1-12(25-11-13-7-5-4-6-8-13)17(21)20-15-9-14(18(22)24-3)10-16(19-15)23-2/h4-10,12H,11H2,1-3H3,(H,19,20,21). The van der Waals surface area contributed by atoms with Crippen LogP contribution in [0.2, 0.25) is 0 Å². The molecule has 0 aliphatic heterocycles. The lowest BCUT2D eigenvalue weighted by molar-refractivity contribution is -0.127. The second-order valence-corrected chi connectivity index (χ2v) is 5.20. The Balaban J connectivity index is 2.02. The Morgan fingerprint density at radius 2 is 1.88 bits per heavy atom. The summed E-state index contributed by atoms with van der Waals surface area (Å²) in [5, 5.41) is 2.61. The fraction of sp³-hybridized carbons (Fsp3) is 0.278. The molecule has 0 saturated carbocycles. The third kappa shape index (κ3) is 5.29. The summed E-state index contributed by atoms with van der Waals surface area (Å²) in [5.74, 6) is -0.562. The molecular formula is C18H20N2O5. The van der Waals surface area contributed by atoms with Gasteiger partial charge in [-0.3, -0.25) is 4.79 Å². The first-order chi connectivity index (χ1) is 12.0. The quantitative estimate of drug-likeness (QED) is 0.776. The van der Waals surface area contributed by atoms with Crippen LogP contribution in [0.1, 0.15) is 22.8 Å². The van der Waals surface area contributed by atoms with Gasteiger partial charge in [0.05, 0.1) is 26.4 Å². The molecule has 2 aromatic rings. The normalized spacial score (nSPS) is 11.5. The number of methoxy groups -OCH3 is 2. The highest BCUT2D eigenvalue weighted by Gasteiger charge is 2.17. The van der Waals surface area contributed by atoms with Crippen LogP contribution in [0.5, 0.6) is 5.88 Å². The molecule has 1 aromatic carbocycles. The zero-order valence-electron chi connectivity index (χ0n) is 14.3. The number of hydrogen-bond donors (Lipinski definition) is 1. The summed E-state index contributed by atoms with van der Waals surface area (Å²) >= 11 is 0. The van der Waals surface area contributed by atoms with Crippen LogP contribution in [0.4, 0.5) is 5.82 Å². The van der Waals surface area contributed by atoms with Gasteiger partial charge in [0.15, 0.2) is 0 Å². The number of carbonyl (C=O) groups is 2. The first-order valence-electron chi connectivity index (χ1n) is 7.64. The number of carbonyl (C=O) groups excluding carboxylic acids is 2. The highest BCUT2D eigenvalue weighted by molar-refractivity contribution is 5.95. The van der Waals surface area contributed by atoms with Gasteiger partial charge in [0, 0.05) is 6.07 Å². The average Bonchev–Trinajstić information content (AvgIpc) is 2.65. The van der Waals surface area contributed by atoms with Crippen LogP contribution in [0.25, 0.3) is 0 Å². The first-order valence-corrected chi connectivity index (χ1v) is 7.64. The lowest BCUT2D eigenvalue weighted by Gasteiger charge is -2.14. The predicted molar refractivity (Wildman–Crippen MR) is 91.5 cm³/mol. The fourth-order valence-corrected chi connectivity index (χ4v) is 2.01. The zero-order valence-corrected chi connectivity index (χ0v) is 14.3. The molecule has 1 aromatic heterocycles. The number of rotatable bonds is 7. The van der Waals surface area contributed by atoms with Gasteiger partial charge in [-0.15, -0.1) is 0 Å². The van der Waals surface area contributed by atoms with E-state index in [0.717, 1.165) is 5.56 Å². The summed E-state index contributed by atoms with van der Waals surface area (Å²) in [6.07, 6.45) is -0.699. The molecule has 0 fully saturated rings. The van der Waals surface area contributed by atoms with Gasteiger partial charge in [0.2, 0.25) is 5.88 Å². The molecule has 7 heteroatoms. The number of amides is 1. The number of pyridine rings is 1. The summed E-state index contributed by atoms with van der Waals surface area (Å²) in [6.45, 7) is 1.95. The molecule has 0 spiro atoms. The second-order valence-electron chi connectivity index (χ2n) is 5.20. The number of esters is 1. The summed E-state index contributed by atoms with van der Waals surface area (Å²) < 4.78 is 15.3. The molecule has 1 N–H and O–H groups in total. The lowest BCUT2D eigenvalue weighted by Crippen LogP contribution is -2.28. The number of benzene rings is 1. The van der Waals surface area contributed by atoms with E-state index in [9.17, 15) is 9.59 Å². The second kappa shape index (κ2) is 8.79. The molecule has 7 nitrogen and oxygen atoms in total. The Bertz CT molecular complexity index is 734. The van der Waals surface area contributed by atoms with Crippen molar-refractivity contribution in [2.75, 3.05) is 19.5 Å². The molecule has 25 heavy (non-hydrogen) atoms. The first kappa shape index (κ1) is 18.4. The third-order valence-corrected chi connectivity index (χ3v) is 3.40. The molecule has 132 valence electrons. The number of anilines is 1. The number of hydrogen-bond acceptors (Lipinski definition) is 6. The summed E-state index contributed by atoms with van der Waals surface area (Å²) in [6, 6.07) is 12.4. The number of nitrogens with one attached hydrogen (secondary N) is 1. The maximum Gasteiger partial charge on any atom is 0.338 e. The van der Waals surface area contributed by atoms with E-state index in [-0.39, 0.29) is 23.2 Å². The van der Waals surface area contributed by atoms with E-state index >= 15 is 0 Å². The molecular weight excluding hydrogens is 324 g/mol. The zero-order chi connectivity index (χ0) is 18.2. The van der Waals surface area contributed by atoms with E-state index in [1.54, 1.807) is 6.92 Å². The summed E-state index contributed by atoms with van der Waals surface area (Å²) in [4.78, 5) is 28.0. The molecule has 0 aliphatic rings. The summed E-state index contributed by atoms with van der Waals surface area (Å²) in [7, 11) is 2.69. The minimum atomic E-state index is -0.699. The van der Waals surface area contributed by atoms with Gasteiger partial charge < -0.3 is 19.5 Å². The van der Waals surface area contributed by atoms with Crippen LogP contribution in [0.15, 0.2) is 42.5 Å². The van der Waals surface area contributed by atoms with Gasteiger partial charge in [-0.2, -0.15) is 4.98 Å². The van der Waals surface area contributed by atoms with Crippen molar-refractivity contribution in [3.05, 3.63) is 53.6 Å². The monoisotopic (exact) mass is 344 g/mol. The SMILES string of the molecule is COC(=O)c1cc(NC(=O)C(C)OCc2ccccc2)nc(OC)c1. The predicted octanol–water partition coefficient (Wildman–Crippen LogP) is 2.42. The third-order valence-electron chi connectivity index (χ3n) is 3.40. The van der Waals surface area contributed by atoms with Crippen LogP contribution >= 0.6 is 0 Å². The van der Waals surface area contributed by atoms with E-state index in [1.807, 2.05) is 30.3 Å². The molecule has 0 aliphatic carbocycles. The van der Waals surface area contributed by atoms with Crippen molar-refractivity contribution in [1.82, 2.24) is 4.98 Å². The number of nitrogens with zero attached hydrogens (tertiary/aromatic N) is 1. The Labute approximate surface area is 145 Å². The van der Waals surface area contributed by atoms with Crippen LogP contribution in [-0.2, 0) is 20.9 Å². The summed E-state index contributed by atoms with van der Waals surface area (Å²) in [5.41, 5.74) is 1.19. The van der Waals surface area contributed by atoms with E-state index in [2.05, 4.69) is 15.0 Å². The molecule has 0 radical (unpaired) electrons. The van der Waals surface area contributed by atoms with Gasteiger partial charge >= 0.3 is 5.97 Å². The Morgan fingerprint density at radius 3 is 2.52 bits per heavy atom. The van der Waals surface area contributed by atoms with Gasteiger partial charge in [-0.1, -0.05) is 30.3 Å². The van der Waals surface area contributed by atoms with E-state index < -0.39 is 12.1 Å². The number of aromatic nitrogens is 1. The highest BCUT2D eigenvalue weighted by Crippen LogP contribution is 2.17. The topological polar surface area (TPSA) is 86.8 Å². The van der Waals surface area contributed by atoms with Crippen molar-refractivity contribution in [3.8, 4) is 5.88 Å². The number of ether oxygens (including phenoxy) is 3. The van der Waals surface area contributed by atoms with Crippen molar-refractivity contribution in [2.24, 2.45) is 0 Å². The molecule has 2 rings (SSSR count). The minimum absolute atomic E-state index is 0.180. The average molecular weight is 344 g/mol. The lowest BCUT2D eigenvalue weighted by atomic mass is 10.2. The van der Waals surface area contributed by atoms with E-state index in [4.69, 9.17) is 9.47 Å². The van der Waals surface area contributed by atoms with Crippen molar-refractivity contribution < 1.29 is 23.8 Å². The van der Waals surface area contributed by atoms with Crippen LogP contribution in [0.3, 0.4) is 0 Å². The molecule has 0 saturated heterocycles. The van der Waals surface area contributed by atoms with Crippen molar-refractivity contribution >= 4 is 17.7 Å². The van der Waals surface area contributed by atoms with E-state index in [1.165, 1.54) is 26.4 Å². The molecule has 0 bridgehead atoms. The maximum absolute atomic E-state index is 12.3. The van der Waals surface area contributed by atoms with Crippen LogP contribution in [0, 0.1) is 0 Å². The molecule has 1 amide bonds. The molecule has 1 atom stereocenters. The maximum atomic E-state index is 12.3.